The highest BCUT2D eigenvalue weighted by Gasteiger charge is 2.12. The minimum atomic E-state index is -0.320. The van der Waals surface area contributed by atoms with Crippen LogP contribution in [0.25, 0.3) is 10.1 Å². The Morgan fingerprint density at radius 3 is 2.95 bits per heavy atom. The second-order valence-electron chi connectivity index (χ2n) is 4.08. The Bertz CT molecular complexity index is 803. The van der Waals surface area contributed by atoms with Crippen LogP contribution in [0, 0.1) is 5.82 Å². The Morgan fingerprint density at radius 1 is 1.30 bits per heavy atom. The Morgan fingerprint density at radius 2 is 2.15 bits per heavy atom. The number of carbonyl (C=O) groups is 1. The van der Waals surface area contributed by atoms with E-state index in [2.05, 4.69) is 10.3 Å². The van der Waals surface area contributed by atoms with Gasteiger partial charge in [-0.2, -0.15) is 0 Å². The number of carbonyl (C=O) groups excluding carboxylic acids is 1. The number of hydrogen-bond acceptors (Lipinski definition) is 3. The maximum Gasteiger partial charge on any atom is 0.266 e. The number of aromatic nitrogens is 1. The van der Waals surface area contributed by atoms with Crippen molar-refractivity contribution in [1.82, 2.24) is 4.98 Å². The number of halogens is 2. The second kappa shape index (κ2) is 5.19. The summed E-state index contributed by atoms with van der Waals surface area (Å²) in [5, 5.41) is 3.83. The van der Waals surface area contributed by atoms with Gasteiger partial charge >= 0.3 is 0 Å². The van der Waals surface area contributed by atoms with E-state index in [1.807, 2.05) is 0 Å². The summed E-state index contributed by atoms with van der Waals surface area (Å²) in [6.45, 7) is 0. The predicted octanol–water partition coefficient (Wildman–Crippen LogP) is 4.34. The predicted molar refractivity (Wildman–Crippen MR) is 79.0 cm³/mol. The third-order valence-corrected chi connectivity index (χ3v) is 4.10. The molecule has 20 heavy (non-hydrogen) atoms. The Labute approximate surface area is 123 Å². The van der Waals surface area contributed by atoms with Gasteiger partial charge in [0.15, 0.2) is 5.82 Å². The maximum atomic E-state index is 13.1. The lowest BCUT2D eigenvalue weighted by Gasteiger charge is -2.03. The normalized spacial score (nSPS) is 10.7. The molecule has 3 aromatic rings. The zero-order valence-electron chi connectivity index (χ0n) is 10.1. The number of benzene rings is 1. The first-order chi connectivity index (χ1) is 9.63. The van der Waals surface area contributed by atoms with E-state index in [9.17, 15) is 9.18 Å². The van der Waals surface area contributed by atoms with Gasteiger partial charge in [0.1, 0.15) is 5.82 Å². The first kappa shape index (κ1) is 13.0. The molecule has 1 amide bonds. The van der Waals surface area contributed by atoms with Crippen LogP contribution in [0.15, 0.2) is 42.6 Å². The van der Waals surface area contributed by atoms with Crippen LogP contribution in [0.3, 0.4) is 0 Å². The molecule has 6 heteroatoms. The van der Waals surface area contributed by atoms with Crippen molar-refractivity contribution in [3.63, 3.8) is 0 Å². The van der Waals surface area contributed by atoms with Gasteiger partial charge in [-0.3, -0.25) is 4.79 Å². The molecule has 1 aromatic carbocycles. The molecule has 0 unspecified atom stereocenters. The van der Waals surface area contributed by atoms with Gasteiger partial charge in [0.05, 0.1) is 9.90 Å². The monoisotopic (exact) mass is 306 g/mol. The van der Waals surface area contributed by atoms with Gasteiger partial charge in [-0.05, 0) is 35.7 Å². The van der Waals surface area contributed by atoms with Gasteiger partial charge in [0.25, 0.3) is 5.91 Å². The fourth-order valence-corrected chi connectivity index (χ4v) is 2.92. The van der Waals surface area contributed by atoms with Crippen molar-refractivity contribution < 1.29 is 9.18 Å². The molecule has 0 aliphatic heterocycles. The lowest BCUT2D eigenvalue weighted by molar-refractivity contribution is 0.103. The van der Waals surface area contributed by atoms with Crippen LogP contribution in [0.1, 0.15) is 9.67 Å². The van der Waals surface area contributed by atoms with Crippen LogP contribution in [0.4, 0.5) is 10.2 Å². The molecule has 0 fully saturated rings. The highest BCUT2D eigenvalue weighted by Crippen LogP contribution is 2.27. The average molecular weight is 307 g/mol. The van der Waals surface area contributed by atoms with Crippen molar-refractivity contribution in [2.24, 2.45) is 0 Å². The maximum absolute atomic E-state index is 13.1. The number of anilines is 1. The van der Waals surface area contributed by atoms with Crippen molar-refractivity contribution in [2.75, 3.05) is 5.32 Å². The molecule has 3 rings (SSSR count). The fourth-order valence-electron chi connectivity index (χ4n) is 1.76. The molecule has 2 aromatic heterocycles. The summed E-state index contributed by atoms with van der Waals surface area (Å²) in [6, 6.07) is 9.46. The third kappa shape index (κ3) is 2.50. The van der Waals surface area contributed by atoms with Crippen LogP contribution in [-0.2, 0) is 0 Å². The van der Waals surface area contributed by atoms with Crippen molar-refractivity contribution in [3.8, 4) is 0 Å². The van der Waals surface area contributed by atoms with E-state index < -0.39 is 0 Å². The van der Waals surface area contributed by atoms with Gasteiger partial charge in [0, 0.05) is 10.9 Å². The quantitative estimate of drug-likeness (QED) is 0.765. The van der Waals surface area contributed by atoms with Crippen LogP contribution in [0.2, 0.25) is 5.02 Å². The lowest BCUT2D eigenvalue weighted by Crippen LogP contribution is -2.11. The van der Waals surface area contributed by atoms with Gasteiger partial charge in [-0.25, -0.2) is 9.37 Å². The second-order valence-corrected chi connectivity index (χ2v) is 5.57. The summed E-state index contributed by atoms with van der Waals surface area (Å²) in [5.74, 6) is -0.325. The molecule has 0 aliphatic rings. The lowest BCUT2D eigenvalue weighted by atomic mass is 10.2. The molecule has 0 spiro atoms. The molecule has 1 N–H and O–H groups in total. The molecule has 0 aliphatic carbocycles. The summed E-state index contributed by atoms with van der Waals surface area (Å²) in [4.78, 5) is 16.6. The topological polar surface area (TPSA) is 42.0 Å². The SMILES string of the molecule is O=C(Nc1ncccc1Cl)c1cc2ccc(F)cc2s1. The first-order valence-corrected chi connectivity index (χ1v) is 6.94. The standard InChI is InChI=1S/C14H8ClFN2OS/c15-10-2-1-5-17-13(10)18-14(19)12-6-8-3-4-9(16)7-11(8)20-12/h1-7H,(H,17,18,19). The van der Waals surface area contributed by atoms with E-state index in [-0.39, 0.29) is 11.7 Å². The molecule has 0 saturated carbocycles. The van der Waals surface area contributed by atoms with Gasteiger partial charge in [-0.1, -0.05) is 17.7 Å². The Balaban J connectivity index is 1.91. The van der Waals surface area contributed by atoms with Crippen molar-refractivity contribution in [2.45, 2.75) is 0 Å². The molecule has 2 heterocycles. The average Bonchev–Trinajstić information content (AvgIpc) is 2.84. The highest BCUT2D eigenvalue weighted by molar-refractivity contribution is 7.20. The third-order valence-electron chi connectivity index (χ3n) is 2.70. The number of amides is 1. The summed E-state index contributed by atoms with van der Waals surface area (Å²) in [5.41, 5.74) is 0. The van der Waals surface area contributed by atoms with E-state index in [4.69, 9.17) is 11.6 Å². The smallest absolute Gasteiger partial charge is 0.266 e. The minimum Gasteiger partial charge on any atom is -0.305 e. The summed E-state index contributed by atoms with van der Waals surface area (Å²) in [6.07, 6.45) is 1.54. The first-order valence-electron chi connectivity index (χ1n) is 5.74. The largest absolute Gasteiger partial charge is 0.305 e. The molecular weight excluding hydrogens is 299 g/mol. The number of fused-ring (bicyclic) bond motifs is 1. The molecule has 0 saturated heterocycles. The van der Waals surface area contributed by atoms with Gasteiger partial charge < -0.3 is 5.32 Å². The van der Waals surface area contributed by atoms with Crippen LogP contribution >= 0.6 is 22.9 Å². The van der Waals surface area contributed by atoms with E-state index in [1.165, 1.54) is 23.5 Å². The van der Waals surface area contributed by atoms with Crippen LogP contribution < -0.4 is 5.32 Å². The van der Waals surface area contributed by atoms with Crippen LogP contribution in [0.5, 0.6) is 0 Å². The summed E-state index contributed by atoms with van der Waals surface area (Å²) >= 11 is 7.15. The van der Waals surface area contributed by atoms with Gasteiger partial charge in [0.2, 0.25) is 0 Å². The zero-order chi connectivity index (χ0) is 14.1. The number of nitrogens with zero attached hydrogens (tertiary/aromatic N) is 1. The Kier molecular flexibility index (Phi) is 3.38. The number of hydrogen-bond donors (Lipinski definition) is 1. The summed E-state index contributed by atoms with van der Waals surface area (Å²) in [7, 11) is 0. The van der Waals surface area contributed by atoms with Crippen molar-refractivity contribution >= 4 is 44.7 Å². The number of rotatable bonds is 2. The van der Waals surface area contributed by atoms with Crippen molar-refractivity contribution in [1.29, 1.82) is 0 Å². The van der Waals surface area contributed by atoms with Crippen LogP contribution in [-0.4, -0.2) is 10.9 Å². The van der Waals surface area contributed by atoms with Crippen molar-refractivity contribution in [3.05, 3.63) is 58.3 Å². The van der Waals surface area contributed by atoms with Gasteiger partial charge in [-0.15, -0.1) is 11.3 Å². The highest BCUT2D eigenvalue weighted by atomic mass is 35.5. The fraction of sp³-hybridized carbons (Fsp3) is 0. The summed E-state index contributed by atoms with van der Waals surface area (Å²) < 4.78 is 13.8. The van der Waals surface area contributed by atoms with E-state index in [0.717, 1.165) is 10.1 Å². The zero-order valence-corrected chi connectivity index (χ0v) is 11.6. The molecule has 3 nitrogen and oxygen atoms in total. The van der Waals surface area contributed by atoms with E-state index in [0.29, 0.717) is 15.7 Å². The number of thiophene rings is 1. The molecule has 0 bridgehead atoms. The number of nitrogens with one attached hydrogen (secondary N) is 1. The van der Waals surface area contributed by atoms with E-state index >= 15 is 0 Å². The minimum absolute atomic E-state index is 0.308. The number of pyridine rings is 1. The Hall–Kier alpha value is -1.98. The molecular formula is C14H8ClFN2OS. The molecule has 0 atom stereocenters. The van der Waals surface area contributed by atoms with E-state index in [1.54, 1.807) is 30.5 Å². The molecule has 100 valence electrons. The molecule has 0 radical (unpaired) electrons.